The molecule has 0 saturated carbocycles. The van der Waals surface area contributed by atoms with E-state index in [1.807, 2.05) is 0 Å². The van der Waals surface area contributed by atoms with Gasteiger partial charge in [0.1, 0.15) is 11.5 Å². The molecule has 1 atom stereocenters. The number of aromatic hydroxyl groups is 1. The fourth-order valence-electron chi connectivity index (χ4n) is 3.37. The second-order valence-corrected chi connectivity index (χ2v) is 9.29. The molecule has 33 heavy (non-hydrogen) atoms. The van der Waals surface area contributed by atoms with Crippen molar-refractivity contribution in [1.29, 1.82) is 0 Å². The van der Waals surface area contributed by atoms with Gasteiger partial charge in [0.05, 0.1) is 21.6 Å². The van der Waals surface area contributed by atoms with Gasteiger partial charge in [-0.3, -0.25) is 9.78 Å². The smallest absolute Gasteiger partial charge is 0.419 e. The van der Waals surface area contributed by atoms with Crippen LogP contribution in [0.25, 0.3) is 0 Å². The van der Waals surface area contributed by atoms with E-state index < -0.39 is 38.3 Å². The number of phenolic OH excluding ortho intramolecular Hbond substituents is 1. The van der Waals surface area contributed by atoms with E-state index in [0.717, 1.165) is 11.6 Å². The number of nitrogens with one attached hydrogen (secondary N) is 1. The first-order chi connectivity index (χ1) is 15.6. The first kappa shape index (κ1) is 22.6. The standard InChI is InChI=1S/C22H17F3N2O5S/c23-22(24,25)17-6-5-16(10-18(17)28)33(30,31)15-3-1-13(2-4-15)11-27-21(29)19-9-14-7-8-26-12-20(14)32-19/h1-8,10,12,19,28H,9,11H2,(H,27,29). The number of benzene rings is 2. The molecule has 172 valence electrons. The zero-order valence-corrected chi connectivity index (χ0v) is 17.7. The van der Waals surface area contributed by atoms with Crippen molar-refractivity contribution in [3.63, 3.8) is 0 Å². The van der Waals surface area contributed by atoms with Crippen LogP contribution >= 0.6 is 0 Å². The predicted octanol–water partition coefficient (Wildman–Crippen LogP) is 3.26. The van der Waals surface area contributed by atoms with E-state index >= 15 is 0 Å². The van der Waals surface area contributed by atoms with Crippen LogP contribution in [0.2, 0.25) is 0 Å². The molecule has 11 heteroatoms. The lowest BCUT2D eigenvalue weighted by molar-refractivity contribution is -0.138. The number of nitrogens with zero attached hydrogens (tertiary/aromatic N) is 1. The third-order valence-corrected chi connectivity index (χ3v) is 6.89. The summed E-state index contributed by atoms with van der Waals surface area (Å²) < 4.78 is 69.4. The maximum Gasteiger partial charge on any atom is 0.419 e. The van der Waals surface area contributed by atoms with Crippen molar-refractivity contribution in [2.45, 2.75) is 35.0 Å². The van der Waals surface area contributed by atoms with Crippen LogP contribution in [0.15, 0.2) is 70.7 Å². The van der Waals surface area contributed by atoms with Gasteiger partial charge in [0, 0.05) is 24.7 Å². The molecule has 0 bridgehead atoms. The highest BCUT2D eigenvalue weighted by molar-refractivity contribution is 7.91. The zero-order chi connectivity index (χ0) is 23.8. The number of ether oxygens (including phenoxy) is 1. The molecule has 2 aromatic carbocycles. The van der Waals surface area contributed by atoms with Crippen molar-refractivity contribution >= 4 is 15.7 Å². The third-order valence-electron chi connectivity index (χ3n) is 5.12. The Hall–Kier alpha value is -3.60. The number of sulfone groups is 1. The van der Waals surface area contributed by atoms with Gasteiger partial charge in [-0.15, -0.1) is 0 Å². The van der Waals surface area contributed by atoms with Crippen molar-refractivity contribution in [1.82, 2.24) is 10.3 Å². The minimum Gasteiger partial charge on any atom is -0.507 e. The summed E-state index contributed by atoms with van der Waals surface area (Å²) in [5, 5.41) is 12.3. The largest absolute Gasteiger partial charge is 0.507 e. The molecule has 0 aliphatic carbocycles. The van der Waals surface area contributed by atoms with Gasteiger partial charge in [0.15, 0.2) is 6.10 Å². The van der Waals surface area contributed by atoms with E-state index in [1.54, 1.807) is 12.3 Å². The second kappa shape index (κ2) is 8.39. The Kier molecular flexibility index (Phi) is 5.75. The number of rotatable bonds is 5. The Morgan fingerprint density at radius 1 is 1.12 bits per heavy atom. The number of amides is 1. The van der Waals surface area contributed by atoms with Crippen LogP contribution in [-0.4, -0.2) is 30.5 Å². The maximum atomic E-state index is 12.8. The number of carbonyl (C=O) groups excluding carboxylic acids is 1. The minimum atomic E-state index is -4.80. The van der Waals surface area contributed by atoms with Gasteiger partial charge in [0.25, 0.3) is 5.91 Å². The molecule has 1 amide bonds. The molecular formula is C22H17F3N2O5S. The normalized spacial score (nSPS) is 15.5. The molecule has 0 saturated heterocycles. The van der Waals surface area contributed by atoms with Crippen LogP contribution < -0.4 is 10.1 Å². The molecule has 1 aromatic heterocycles. The molecule has 0 radical (unpaired) electrons. The topological polar surface area (TPSA) is 106 Å². The number of carbonyl (C=O) groups is 1. The van der Waals surface area contributed by atoms with E-state index in [1.165, 1.54) is 30.5 Å². The van der Waals surface area contributed by atoms with Crippen LogP contribution in [0.5, 0.6) is 11.5 Å². The van der Waals surface area contributed by atoms with Crippen LogP contribution in [0.4, 0.5) is 13.2 Å². The Morgan fingerprint density at radius 3 is 2.45 bits per heavy atom. The summed E-state index contributed by atoms with van der Waals surface area (Å²) in [6.07, 6.45) is -1.92. The third kappa shape index (κ3) is 4.63. The monoisotopic (exact) mass is 478 g/mol. The number of hydrogen-bond acceptors (Lipinski definition) is 6. The van der Waals surface area contributed by atoms with Crippen molar-refractivity contribution in [2.24, 2.45) is 0 Å². The van der Waals surface area contributed by atoms with E-state index in [0.29, 0.717) is 29.9 Å². The lowest BCUT2D eigenvalue weighted by Gasteiger charge is -2.12. The number of alkyl halides is 3. The SMILES string of the molecule is O=C(NCc1ccc(S(=O)(=O)c2ccc(C(F)(F)F)c(O)c2)cc1)C1Cc2ccncc2O1. The quantitative estimate of drug-likeness (QED) is 0.583. The Bertz CT molecular complexity index is 1280. The maximum absolute atomic E-state index is 12.8. The molecule has 7 nitrogen and oxygen atoms in total. The van der Waals surface area contributed by atoms with E-state index in [9.17, 15) is 31.5 Å². The molecule has 2 N–H and O–H groups in total. The number of halogens is 3. The highest BCUT2D eigenvalue weighted by atomic mass is 32.2. The lowest BCUT2D eigenvalue weighted by atomic mass is 10.1. The summed E-state index contributed by atoms with van der Waals surface area (Å²) in [5.74, 6) is -0.945. The average molecular weight is 478 g/mol. The molecule has 3 aromatic rings. The fourth-order valence-corrected chi connectivity index (χ4v) is 4.65. The number of fused-ring (bicyclic) bond motifs is 1. The average Bonchev–Trinajstić information content (AvgIpc) is 3.21. The molecule has 0 fully saturated rings. The summed E-state index contributed by atoms with van der Waals surface area (Å²) in [4.78, 5) is 15.7. The van der Waals surface area contributed by atoms with Gasteiger partial charge in [-0.2, -0.15) is 13.2 Å². The minimum absolute atomic E-state index is 0.120. The number of phenols is 1. The lowest BCUT2D eigenvalue weighted by Crippen LogP contribution is -2.37. The van der Waals surface area contributed by atoms with Crippen molar-refractivity contribution in [3.05, 3.63) is 77.6 Å². The van der Waals surface area contributed by atoms with Crippen LogP contribution in [0.3, 0.4) is 0 Å². The summed E-state index contributed by atoms with van der Waals surface area (Å²) in [7, 11) is -4.16. The molecule has 4 rings (SSSR count). The molecule has 1 aliphatic rings. The second-order valence-electron chi connectivity index (χ2n) is 7.34. The summed E-state index contributed by atoms with van der Waals surface area (Å²) in [6, 6.07) is 9.17. The molecular weight excluding hydrogens is 461 g/mol. The predicted molar refractivity (Wildman–Crippen MR) is 109 cm³/mol. The molecule has 1 aliphatic heterocycles. The van der Waals surface area contributed by atoms with Gasteiger partial charge >= 0.3 is 6.18 Å². The highest BCUT2D eigenvalue weighted by Gasteiger charge is 2.34. The zero-order valence-electron chi connectivity index (χ0n) is 16.8. The van der Waals surface area contributed by atoms with Gasteiger partial charge in [-0.1, -0.05) is 12.1 Å². The van der Waals surface area contributed by atoms with Gasteiger partial charge in [-0.25, -0.2) is 8.42 Å². The van der Waals surface area contributed by atoms with Gasteiger partial charge < -0.3 is 15.2 Å². The van der Waals surface area contributed by atoms with E-state index in [4.69, 9.17) is 4.74 Å². The Balaban J connectivity index is 1.42. The number of hydrogen-bond donors (Lipinski definition) is 2. The van der Waals surface area contributed by atoms with Crippen LogP contribution in [0, 0.1) is 0 Å². The van der Waals surface area contributed by atoms with Crippen LogP contribution in [-0.2, 0) is 33.8 Å². The van der Waals surface area contributed by atoms with Crippen LogP contribution in [0.1, 0.15) is 16.7 Å². The van der Waals surface area contributed by atoms with Crippen molar-refractivity contribution in [3.8, 4) is 11.5 Å². The number of pyridine rings is 1. The number of aromatic nitrogens is 1. The van der Waals surface area contributed by atoms with Gasteiger partial charge in [-0.05, 0) is 42.0 Å². The first-order valence-corrected chi connectivity index (χ1v) is 11.2. The fraction of sp³-hybridized carbons (Fsp3) is 0.182. The van der Waals surface area contributed by atoms with Crippen molar-refractivity contribution < 1.29 is 36.2 Å². The highest BCUT2D eigenvalue weighted by Crippen LogP contribution is 2.37. The Morgan fingerprint density at radius 2 is 1.82 bits per heavy atom. The van der Waals surface area contributed by atoms with Crippen molar-refractivity contribution in [2.75, 3.05) is 0 Å². The first-order valence-electron chi connectivity index (χ1n) is 9.67. The summed E-state index contributed by atoms with van der Waals surface area (Å²) >= 11 is 0. The summed E-state index contributed by atoms with van der Waals surface area (Å²) in [6.45, 7) is 0.120. The summed E-state index contributed by atoms with van der Waals surface area (Å²) in [5.41, 5.74) is 0.168. The van der Waals surface area contributed by atoms with E-state index in [2.05, 4.69) is 10.3 Å². The molecule has 2 heterocycles. The Labute approximate surface area is 186 Å². The molecule has 0 spiro atoms. The molecule has 1 unspecified atom stereocenters. The van der Waals surface area contributed by atoms with E-state index in [-0.39, 0.29) is 17.3 Å². The van der Waals surface area contributed by atoms with Gasteiger partial charge in [0.2, 0.25) is 9.84 Å².